The molecule has 3 aromatic heterocycles. The normalized spacial score (nSPS) is 11.5. The van der Waals surface area contributed by atoms with Gasteiger partial charge in [-0.15, -0.1) is 10.2 Å². The molecule has 5 rings (SSSR count). The van der Waals surface area contributed by atoms with Crippen LogP contribution in [0.1, 0.15) is 11.3 Å². The first kappa shape index (κ1) is 17.5. The minimum absolute atomic E-state index is 0.235. The lowest BCUT2D eigenvalue weighted by Crippen LogP contribution is -2.09. The second-order valence-electron chi connectivity index (χ2n) is 6.61. The smallest absolute Gasteiger partial charge is 0.259 e. The number of H-pyrrole nitrogens is 1. The number of fused-ring (bicyclic) bond motifs is 3. The maximum atomic E-state index is 12.5. The van der Waals surface area contributed by atoms with Crippen LogP contribution in [0.4, 0.5) is 11.5 Å². The lowest BCUT2D eigenvalue weighted by molar-refractivity contribution is 0.870. The summed E-state index contributed by atoms with van der Waals surface area (Å²) in [5.41, 5.74) is 2.93. The van der Waals surface area contributed by atoms with Crippen LogP contribution in [0, 0.1) is 18.3 Å². The molecule has 9 heteroatoms. The van der Waals surface area contributed by atoms with Crippen LogP contribution in [0.25, 0.3) is 22.2 Å². The Hall–Kier alpha value is -4.58. The summed E-state index contributed by atoms with van der Waals surface area (Å²) < 4.78 is 3.18. The van der Waals surface area contributed by atoms with Gasteiger partial charge in [0.05, 0.1) is 28.5 Å². The van der Waals surface area contributed by atoms with Gasteiger partial charge in [0.1, 0.15) is 11.6 Å². The molecule has 30 heavy (non-hydrogen) atoms. The van der Waals surface area contributed by atoms with Crippen molar-refractivity contribution in [3.63, 3.8) is 0 Å². The van der Waals surface area contributed by atoms with Gasteiger partial charge in [-0.2, -0.15) is 15.5 Å². The van der Waals surface area contributed by atoms with Crippen molar-refractivity contribution >= 4 is 28.1 Å². The summed E-state index contributed by atoms with van der Waals surface area (Å²) in [4.78, 5) is 15.3. The first-order chi connectivity index (χ1) is 14.7. The maximum Gasteiger partial charge on any atom is 0.259 e. The summed E-state index contributed by atoms with van der Waals surface area (Å²) in [5.74, 6) is 0.297. The quantitative estimate of drug-likeness (QED) is 0.466. The van der Waals surface area contributed by atoms with Crippen LogP contribution in [-0.2, 0) is 0 Å². The van der Waals surface area contributed by atoms with Crippen LogP contribution < -0.4 is 5.56 Å². The number of para-hydroxylation sites is 2. The third-order valence-electron chi connectivity index (χ3n) is 4.75. The maximum absolute atomic E-state index is 12.5. The zero-order chi connectivity index (χ0) is 20.7. The molecule has 0 fully saturated rings. The molecule has 0 radical (unpaired) electrons. The summed E-state index contributed by atoms with van der Waals surface area (Å²) in [6.45, 7) is 1.79. The first-order valence-electron chi connectivity index (χ1n) is 9.13. The number of benzene rings is 2. The second kappa shape index (κ2) is 6.79. The Bertz CT molecular complexity index is 1530. The Morgan fingerprint density at radius 2 is 1.83 bits per heavy atom. The molecule has 0 saturated carbocycles. The molecule has 1 N–H and O–H groups in total. The SMILES string of the molecule is Cc1nn2c([nH]c(=O)c3ccccc32)c1N=Nc1c(C#N)cnn1-c1ccccc1. The lowest BCUT2D eigenvalue weighted by atomic mass is 10.2. The summed E-state index contributed by atoms with van der Waals surface area (Å²) >= 11 is 0. The molecule has 0 unspecified atom stereocenters. The molecule has 0 aliphatic heterocycles. The van der Waals surface area contributed by atoms with Crippen molar-refractivity contribution in [2.75, 3.05) is 0 Å². The number of nitrogens with zero attached hydrogens (tertiary/aromatic N) is 7. The fourth-order valence-electron chi connectivity index (χ4n) is 3.32. The van der Waals surface area contributed by atoms with E-state index in [1.807, 2.05) is 42.5 Å². The van der Waals surface area contributed by atoms with Gasteiger partial charge < -0.3 is 4.98 Å². The highest BCUT2D eigenvalue weighted by atomic mass is 16.1. The number of aryl methyl sites for hydroxylation is 1. The van der Waals surface area contributed by atoms with Gasteiger partial charge in [0.2, 0.25) is 0 Å². The number of rotatable bonds is 3. The predicted molar refractivity (Wildman–Crippen MR) is 111 cm³/mol. The van der Waals surface area contributed by atoms with Gasteiger partial charge in [0.15, 0.2) is 17.2 Å². The summed E-state index contributed by atoms with van der Waals surface area (Å²) in [6, 6.07) is 18.6. The van der Waals surface area contributed by atoms with E-state index in [2.05, 4.69) is 31.5 Å². The van der Waals surface area contributed by atoms with E-state index in [-0.39, 0.29) is 11.1 Å². The first-order valence-corrected chi connectivity index (χ1v) is 9.13. The largest absolute Gasteiger partial charge is 0.304 e. The highest BCUT2D eigenvalue weighted by molar-refractivity contribution is 5.83. The number of hydrogen-bond acceptors (Lipinski definition) is 6. The van der Waals surface area contributed by atoms with Gasteiger partial charge in [-0.25, -0.2) is 9.20 Å². The summed E-state index contributed by atoms with van der Waals surface area (Å²) in [7, 11) is 0. The van der Waals surface area contributed by atoms with Gasteiger partial charge in [-0.05, 0) is 31.2 Å². The van der Waals surface area contributed by atoms with Gasteiger partial charge in [0.25, 0.3) is 5.56 Å². The van der Waals surface area contributed by atoms with Gasteiger partial charge >= 0.3 is 0 Å². The summed E-state index contributed by atoms with van der Waals surface area (Å²) in [5, 5.41) is 27.4. The highest BCUT2D eigenvalue weighted by Gasteiger charge is 2.16. The van der Waals surface area contributed by atoms with Crippen molar-refractivity contribution in [1.29, 1.82) is 5.26 Å². The van der Waals surface area contributed by atoms with Crippen LogP contribution in [0.15, 0.2) is 75.8 Å². The molecule has 0 saturated heterocycles. The number of nitrogens with one attached hydrogen (secondary N) is 1. The van der Waals surface area contributed by atoms with E-state index < -0.39 is 0 Å². The van der Waals surface area contributed by atoms with Crippen LogP contribution >= 0.6 is 0 Å². The molecule has 0 amide bonds. The number of nitriles is 1. The van der Waals surface area contributed by atoms with Crippen molar-refractivity contribution < 1.29 is 0 Å². The highest BCUT2D eigenvalue weighted by Crippen LogP contribution is 2.29. The molecule has 0 spiro atoms. The number of aromatic nitrogens is 5. The van der Waals surface area contributed by atoms with Gasteiger partial charge in [-0.3, -0.25) is 4.79 Å². The molecule has 0 atom stereocenters. The zero-order valence-electron chi connectivity index (χ0n) is 15.8. The van der Waals surface area contributed by atoms with E-state index >= 15 is 0 Å². The zero-order valence-corrected chi connectivity index (χ0v) is 15.8. The average Bonchev–Trinajstić information content (AvgIpc) is 3.33. The summed E-state index contributed by atoms with van der Waals surface area (Å²) in [6.07, 6.45) is 1.44. The number of azo groups is 1. The standard InChI is InChI=1S/C21H14N8O/c1-13-18(20-24-21(30)16-9-5-6-10-17(16)29(20)27-13)25-26-19-14(11-22)12-23-28(19)15-7-3-2-4-8-15/h2-10,12H,1H3,(H,24,30). The Morgan fingerprint density at radius 1 is 1.07 bits per heavy atom. The van der Waals surface area contributed by atoms with Crippen molar-refractivity contribution in [3.05, 3.63) is 82.4 Å². The fourth-order valence-corrected chi connectivity index (χ4v) is 3.32. The average molecular weight is 394 g/mol. The molecule has 0 aliphatic rings. The molecular weight excluding hydrogens is 380 g/mol. The Labute approximate surface area is 169 Å². The fraction of sp³-hybridized carbons (Fsp3) is 0.0476. The number of aromatic amines is 1. The topological polar surface area (TPSA) is 116 Å². The minimum Gasteiger partial charge on any atom is -0.304 e. The predicted octanol–water partition coefficient (Wildman–Crippen LogP) is 3.96. The lowest BCUT2D eigenvalue weighted by Gasteiger charge is -2.03. The molecule has 9 nitrogen and oxygen atoms in total. The van der Waals surface area contributed by atoms with Crippen LogP contribution in [0.5, 0.6) is 0 Å². The monoisotopic (exact) mass is 394 g/mol. The second-order valence-corrected chi connectivity index (χ2v) is 6.61. The Kier molecular flexibility index (Phi) is 3.96. The van der Waals surface area contributed by atoms with Crippen molar-refractivity contribution in [2.24, 2.45) is 10.2 Å². The van der Waals surface area contributed by atoms with E-state index in [4.69, 9.17) is 0 Å². The Balaban J connectivity index is 1.69. The van der Waals surface area contributed by atoms with E-state index in [1.165, 1.54) is 6.20 Å². The Morgan fingerprint density at radius 3 is 2.63 bits per heavy atom. The molecule has 2 aromatic carbocycles. The van der Waals surface area contributed by atoms with Crippen molar-refractivity contribution in [3.8, 4) is 11.8 Å². The van der Waals surface area contributed by atoms with E-state index in [9.17, 15) is 10.1 Å². The molecule has 144 valence electrons. The molecular formula is C21H14N8O. The van der Waals surface area contributed by atoms with E-state index in [0.29, 0.717) is 33.7 Å². The molecule has 3 heterocycles. The number of hydrogen-bond donors (Lipinski definition) is 1. The van der Waals surface area contributed by atoms with E-state index in [0.717, 1.165) is 5.69 Å². The third-order valence-corrected chi connectivity index (χ3v) is 4.75. The van der Waals surface area contributed by atoms with Crippen molar-refractivity contribution in [1.82, 2.24) is 24.4 Å². The minimum atomic E-state index is -0.235. The van der Waals surface area contributed by atoms with E-state index in [1.54, 1.807) is 28.3 Å². The van der Waals surface area contributed by atoms with Crippen LogP contribution in [0.2, 0.25) is 0 Å². The van der Waals surface area contributed by atoms with Gasteiger partial charge in [0, 0.05) is 0 Å². The van der Waals surface area contributed by atoms with Gasteiger partial charge in [-0.1, -0.05) is 30.3 Å². The molecule has 5 aromatic rings. The third kappa shape index (κ3) is 2.67. The van der Waals surface area contributed by atoms with Crippen LogP contribution in [-0.4, -0.2) is 24.4 Å². The molecule has 0 aliphatic carbocycles. The van der Waals surface area contributed by atoms with Crippen LogP contribution in [0.3, 0.4) is 0 Å². The molecule has 0 bridgehead atoms. The van der Waals surface area contributed by atoms with Crippen molar-refractivity contribution in [2.45, 2.75) is 6.92 Å².